The van der Waals surface area contributed by atoms with Gasteiger partial charge in [-0.1, -0.05) is 12.8 Å². The van der Waals surface area contributed by atoms with Crippen molar-refractivity contribution in [3.63, 3.8) is 0 Å². The lowest BCUT2D eigenvalue weighted by Crippen LogP contribution is -2.29. The molecule has 0 atom stereocenters. The lowest BCUT2D eigenvalue weighted by Gasteiger charge is -2.27. The van der Waals surface area contributed by atoms with E-state index in [2.05, 4.69) is 10.3 Å². The highest BCUT2D eigenvalue weighted by Crippen LogP contribution is 2.39. The van der Waals surface area contributed by atoms with Gasteiger partial charge in [-0.15, -0.1) is 11.6 Å². The van der Waals surface area contributed by atoms with Crippen LogP contribution in [-0.2, 0) is 0 Å². The fourth-order valence-corrected chi connectivity index (χ4v) is 2.91. The topological polar surface area (TPSA) is 34.1 Å². The van der Waals surface area contributed by atoms with Gasteiger partial charge in [-0.05, 0) is 31.9 Å². The van der Waals surface area contributed by atoms with E-state index in [1.807, 2.05) is 19.1 Å². The van der Waals surface area contributed by atoms with E-state index in [-0.39, 0.29) is 5.41 Å². The lowest BCUT2D eigenvalue weighted by atomic mass is 9.88. The maximum Gasteiger partial charge on any atom is 0.168 e. The van der Waals surface area contributed by atoms with Crippen molar-refractivity contribution in [3.8, 4) is 5.75 Å². The van der Waals surface area contributed by atoms with Crippen molar-refractivity contribution in [2.24, 2.45) is 5.41 Å². The minimum atomic E-state index is 0.239. The summed E-state index contributed by atoms with van der Waals surface area (Å²) in [5.74, 6) is 2.37. The Kier molecular flexibility index (Phi) is 4.70. The van der Waals surface area contributed by atoms with E-state index in [0.717, 1.165) is 24.0 Å². The van der Waals surface area contributed by atoms with E-state index in [4.69, 9.17) is 16.3 Å². The first kappa shape index (κ1) is 13.5. The first-order chi connectivity index (χ1) is 8.79. The van der Waals surface area contributed by atoms with Gasteiger partial charge < -0.3 is 10.1 Å². The number of aromatic nitrogens is 1. The number of pyridine rings is 1. The monoisotopic (exact) mass is 268 g/mol. The summed E-state index contributed by atoms with van der Waals surface area (Å²) < 4.78 is 5.56. The van der Waals surface area contributed by atoms with Crippen LogP contribution in [0.25, 0.3) is 0 Å². The van der Waals surface area contributed by atoms with Crippen LogP contribution in [0, 0.1) is 5.41 Å². The molecule has 1 aliphatic carbocycles. The highest BCUT2D eigenvalue weighted by atomic mass is 35.5. The number of alkyl halides is 1. The van der Waals surface area contributed by atoms with Crippen molar-refractivity contribution in [1.82, 2.24) is 4.98 Å². The van der Waals surface area contributed by atoms with Gasteiger partial charge in [0.2, 0.25) is 0 Å². The predicted octanol–water partition coefficient (Wildman–Crippen LogP) is 3.69. The standard InChI is InChI=1S/C14H21ClN2O/c1-2-18-12-6-5-9-16-13(12)17-11-14(10-15)7-3-4-8-14/h5-6,9H,2-4,7-8,10-11H2,1H3,(H,16,17). The predicted molar refractivity (Wildman–Crippen MR) is 75.5 cm³/mol. The largest absolute Gasteiger partial charge is 0.490 e. The summed E-state index contributed by atoms with van der Waals surface area (Å²) in [6, 6.07) is 3.84. The summed E-state index contributed by atoms with van der Waals surface area (Å²) in [6.45, 7) is 3.52. The fraction of sp³-hybridized carbons (Fsp3) is 0.643. The van der Waals surface area contributed by atoms with Crippen molar-refractivity contribution in [1.29, 1.82) is 0 Å². The smallest absolute Gasteiger partial charge is 0.168 e. The zero-order valence-corrected chi connectivity index (χ0v) is 11.7. The summed E-state index contributed by atoms with van der Waals surface area (Å²) in [6.07, 6.45) is 6.78. The van der Waals surface area contributed by atoms with Crippen LogP contribution in [0.3, 0.4) is 0 Å². The fourth-order valence-electron chi connectivity index (χ4n) is 2.55. The van der Waals surface area contributed by atoms with Crippen LogP contribution in [0.15, 0.2) is 18.3 Å². The van der Waals surface area contributed by atoms with Crippen molar-refractivity contribution in [2.75, 3.05) is 24.3 Å². The van der Waals surface area contributed by atoms with Gasteiger partial charge in [0.1, 0.15) is 0 Å². The number of hydrogen-bond acceptors (Lipinski definition) is 3. The zero-order valence-electron chi connectivity index (χ0n) is 10.9. The summed E-state index contributed by atoms with van der Waals surface area (Å²) in [5, 5.41) is 3.41. The van der Waals surface area contributed by atoms with E-state index in [0.29, 0.717) is 6.61 Å². The van der Waals surface area contributed by atoms with Crippen molar-refractivity contribution in [2.45, 2.75) is 32.6 Å². The van der Waals surface area contributed by atoms with Gasteiger partial charge in [0.05, 0.1) is 6.61 Å². The van der Waals surface area contributed by atoms with Crippen LogP contribution in [0.2, 0.25) is 0 Å². The molecule has 100 valence electrons. The number of anilines is 1. The van der Waals surface area contributed by atoms with Gasteiger partial charge in [-0.25, -0.2) is 4.98 Å². The molecule has 3 nitrogen and oxygen atoms in total. The Morgan fingerprint density at radius 3 is 2.89 bits per heavy atom. The average Bonchev–Trinajstić information content (AvgIpc) is 2.88. The molecule has 1 N–H and O–H groups in total. The minimum absolute atomic E-state index is 0.239. The first-order valence-corrected chi connectivity index (χ1v) is 7.21. The number of rotatable bonds is 6. The second-order valence-electron chi connectivity index (χ2n) is 4.98. The molecule has 0 saturated heterocycles. The number of hydrogen-bond donors (Lipinski definition) is 1. The average molecular weight is 269 g/mol. The second kappa shape index (κ2) is 6.28. The van der Waals surface area contributed by atoms with Crippen LogP contribution in [0.1, 0.15) is 32.6 Å². The Morgan fingerprint density at radius 2 is 2.22 bits per heavy atom. The molecule has 0 aromatic carbocycles. The molecule has 0 bridgehead atoms. The molecule has 0 radical (unpaired) electrons. The van der Waals surface area contributed by atoms with E-state index >= 15 is 0 Å². The molecule has 1 heterocycles. The van der Waals surface area contributed by atoms with Gasteiger partial charge >= 0.3 is 0 Å². The maximum absolute atomic E-state index is 6.14. The molecule has 1 fully saturated rings. The maximum atomic E-state index is 6.14. The van der Waals surface area contributed by atoms with Crippen molar-refractivity contribution >= 4 is 17.4 Å². The van der Waals surface area contributed by atoms with E-state index in [1.165, 1.54) is 25.7 Å². The summed E-state index contributed by atoms with van der Waals surface area (Å²) in [5.41, 5.74) is 0.239. The Morgan fingerprint density at radius 1 is 1.44 bits per heavy atom. The Labute approximate surface area is 114 Å². The van der Waals surface area contributed by atoms with Crippen LogP contribution in [-0.4, -0.2) is 24.0 Å². The summed E-state index contributed by atoms with van der Waals surface area (Å²) in [7, 11) is 0. The normalized spacial score (nSPS) is 17.7. The molecule has 18 heavy (non-hydrogen) atoms. The molecule has 1 aromatic heterocycles. The number of halogens is 1. The Hall–Kier alpha value is -0.960. The molecule has 1 saturated carbocycles. The molecule has 4 heteroatoms. The van der Waals surface area contributed by atoms with Crippen molar-refractivity contribution < 1.29 is 4.74 Å². The SMILES string of the molecule is CCOc1cccnc1NCC1(CCl)CCCC1. The molecular weight excluding hydrogens is 248 g/mol. The van der Waals surface area contributed by atoms with Gasteiger partial charge in [-0.3, -0.25) is 0 Å². The first-order valence-electron chi connectivity index (χ1n) is 6.67. The van der Waals surface area contributed by atoms with E-state index in [1.54, 1.807) is 6.20 Å². The zero-order chi connectivity index (χ0) is 12.8. The van der Waals surface area contributed by atoms with Crippen LogP contribution < -0.4 is 10.1 Å². The van der Waals surface area contributed by atoms with Crippen LogP contribution in [0.5, 0.6) is 5.75 Å². The number of nitrogens with one attached hydrogen (secondary N) is 1. The van der Waals surface area contributed by atoms with Gasteiger partial charge in [0, 0.05) is 24.0 Å². The quantitative estimate of drug-likeness (QED) is 0.799. The molecule has 0 amide bonds. The number of nitrogens with zero attached hydrogens (tertiary/aromatic N) is 1. The lowest BCUT2D eigenvalue weighted by molar-refractivity contribution is 0.337. The molecule has 0 spiro atoms. The summed E-state index contributed by atoms with van der Waals surface area (Å²) >= 11 is 6.14. The van der Waals surface area contributed by atoms with E-state index in [9.17, 15) is 0 Å². The highest BCUT2D eigenvalue weighted by Gasteiger charge is 2.33. The molecule has 2 rings (SSSR count). The van der Waals surface area contributed by atoms with Crippen LogP contribution >= 0.6 is 11.6 Å². The third kappa shape index (κ3) is 3.08. The Balaban J connectivity index is 2.00. The molecule has 0 aliphatic heterocycles. The summed E-state index contributed by atoms with van der Waals surface area (Å²) in [4.78, 5) is 4.34. The Bertz CT molecular complexity index is 378. The van der Waals surface area contributed by atoms with Gasteiger partial charge in [0.25, 0.3) is 0 Å². The number of ether oxygens (including phenoxy) is 1. The third-order valence-electron chi connectivity index (χ3n) is 3.65. The highest BCUT2D eigenvalue weighted by molar-refractivity contribution is 6.18. The van der Waals surface area contributed by atoms with Crippen molar-refractivity contribution in [3.05, 3.63) is 18.3 Å². The van der Waals surface area contributed by atoms with Crippen LogP contribution in [0.4, 0.5) is 5.82 Å². The molecular formula is C14H21ClN2O. The molecule has 0 unspecified atom stereocenters. The third-order valence-corrected chi connectivity index (χ3v) is 4.22. The second-order valence-corrected chi connectivity index (χ2v) is 5.24. The van der Waals surface area contributed by atoms with E-state index < -0.39 is 0 Å². The molecule has 1 aromatic rings. The minimum Gasteiger partial charge on any atom is -0.490 e. The van der Waals surface area contributed by atoms with Gasteiger partial charge in [0.15, 0.2) is 11.6 Å². The van der Waals surface area contributed by atoms with Gasteiger partial charge in [-0.2, -0.15) is 0 Å². The molecule has 1 aliphatic rings.